The average molecular weight is 576 g/mol. The van der Waals surface area contributed by atoms with Gasteiger partial charge in [0.2, 0.25) is 6.79 Å². The second kappa shape index (κ2) is 11.7. The third-order valence-electron chi connectivity index (χ3n) is 3.91. The minimum atomic E-state index is -2.97. The normalized spacial score (nSPS) is 13.7. The number of fused-ring (bicyclic) bond motifs is 1. The second-order valence-corrected chi connectivity index (χ2v) is 7.67. The number of rotatable bonds is 8. The molecule has 0 aliphatic carbocycles. The first-order chi connectivity index (χ1) is 14.0. The third kappa shape index (κ3) is 6.72. The quantitative estimate of drug-likeness (QED) is 0.249. The smallest absolute Gasteiger partial charge is 0.387 e. The summed E-state index contributed by atoms with van der Waals surface area (Å²) in [6, 6.07) is 6.40. The maximum Gasteiger partial charge on any atom is 0.387 e. The zero-order valence-electron chi connectivity index (χ0n) is 15.9. The van der Waals surface area contributed by atoms with Crippen LogP contribution in [0.2, 0.25) is 4.34 Å². The lowest BCUT2D eigenvalue weighted by Gasteiger charge is -2.15. The Hall–Kier alpha value is -1.57. The van der Waals surface area contributed by atoms with Crippen molar-refractivity contribution in [3.05, 3.63) is 39.0 Å². The van der Waals surface area contributed by atoms with Crippen LogP contribution in [0, 0.1) is 0 Å². The van der Waals surface area contributed by atoms with E-state index in [-0.39, 0.29) is 49.6 Å². The molecule has 12 heteroatoms. The molecule has 1 aliphatic heterocycles. The molecular weight excluding hydrogens is 555 g/mol. The topological polar surface area (TPSA) is 84.3 Å². The van der Waals surface area contributed by atoms with E-state index in [2.05, 4.69) is 20.4 Å². The van der Waals surface area contributed by atoms with Crippen LogP contribution in [0.15, 0.2) is 29.3 Å². The van der Waals surface area contributed by atoms with Gasteiger partial charge in [-0.1, -0.05) is 11.6 Å². The molecule has 0 radical (unpaired) electrons. The molecule has 2 aromatic rings. The molecule has 1 aromatic heterocycles. The van der Waals surface area contributed by atoms with Crippen LogP contribution >= 0.6 is 46.9 Å². The summed E-state index contributed by atoms with van der Waals surface area (Å²) < 4.78 is 41.2. The van der Waals surface area contributed by atoms with Crippen LogP contribution < -0.4 is 24.8 Å². The predicted molar refractivity (Wildman–Crippen MR) is 122 cm³/mol. The van der Waals surface area contributed by atoms with Gasteiger partial charge in [0.25, 0.3) is 0 Å². The van der Waals surface area contributed by atoms with Crippen molar-refractivity contribution in [1.82, 2.24) is 10.6 Å². The summed E-state index contributed by atoms with van der Waals surface area (Å²) in [4.78, 5) is 5.11. The van der Waals surface area contributed by atoms with Gasteiger partial charge in [-0.25, -0.2) is 4.99 Å². The van der Waals surface area contributed by atoms with E-state index in [0.29, 0.717) is 33.9 Å². The van der Waals surface area contributed by atoms with Crippen molar-refractivity contribution < 1.29 is 28.1 Å². The molecule has 1 atom stereocenters. The standard InChI is InChI=1S/C18H20ClF2N3O4S.HI/c1-2-22-18(24-8-11(25)15-3-4-16(19)29-15)23-7-10-5-13-14(27-9-26-13)6-12(10)28-17(20)21;/h3-6,11,17,25H,2,7-9H2,1H3,(H2,22,23,24);1H. The number of ether oxygens (including phenoxy) is 3. The monoisotopic (exact) mass is 575 g/mol. The Morgan fingerprint density at radius 1 is 1.30 bits per heavy atom. The van der Waals surface area contributed by atoms with Crippen molar-refractivity contribution in [2.75, 3.05) is 19.9 Å². The molecule has 30 heavy (non-hydrogen) atoms. The Labute approximate surface area is 198 Å². The molecule has 0 bridgehead atoms. The van der Waals surface area contributed by atoms with Gasteiger partial charge in [-0.15, -0.1) is 35.3 Å². The molecule has 2 heterocycles. The van der Waals surface area contributed by atoms with Crippen molar-refractivity contribution in [2.45, 2.75) is 26.2 Å². The van der Waals surface area contributed by atoms with Crippen molar-refractivity contribution in [3.63, 3.8) is 0 Å². The van der Waals surface area contributed by atoms with Gasteiger partial charge in [0.15, 0.2) is 17.5 Å². The first-order valence-corrected chi connectivity index (χ1v) is 9.98. The summed E-state index contributed by atoms with van der Waals surface area (Å²) in [7, 11) is 0. The Kier molecular flexibility index (Phi) is 9.65. The molecule has 166 valence electrons. The number of nitrogens with zero attached hydrogens (tertiary/aromatic N) is 1. The molecule has 0 spiro atoms. The molecule has 3 rings (SSSR count). The summed E-state index contributed by atoms with van der Waals surface area (Å²) >= 11 is 7.18. The SMILES string of the molecule is CCNC(=NCc1cc2c(cc1OC(F)F)OCO2)NCC(O)c1ccc(Cl)s1.I. The first kappa shape index (κ1) is 24.7. The molecule has 0 amide bonds. The minimum absolute atomic E-state index is 0. The van der Waals surface area contributed by atoms with E-state index in [9.17, 15) is 13.9 Å². The fourth-order valence-corrected chi connectivity index (χ4v) is 3.65. The molecule has 3 N–H and O–H groups in total. The molecule has 1 unspecified atom stereocenters. The van der Waals surface area contributed by atoms with Crippen LogP contribution in [0.1, 0.15) is 23.5 Å². The summed E-state index contributed by atoms with van der Waals surface area (Å²) in [5.41, 5.74) is 0.414. The van der Waals surface area contributed by atoms with Crippen LogP contribution in [0.25, 0.3) is 0 Å². The number of nitrogens with one attached hydrogen (secondary N) is 2. The molecule has 0 fully saturated rings. The zero-order valence-corrected chi connectivity index (χ0v) is 19.8. The number of benzene rings is 1. The largest absolute Gasteiger partial charge is 0.454 e. The molecule has 1 aromatic carbocycles. The molecule has 7 nitrogen and oxygen atoms in total. The fourth-order valence-electron chi connectivity index (χ4n) is 2.60. The summed E-state index contributed by atoms with van der Waals surface area (Å²) in [5.74, 6) is 1.17. The molecule has 0 saturated carbocycles. The third-order valence-corrected chi connectivity index (χ3v) is 5.24. The number of hydrogen-bond acceptors (Lipinski definition) is 6. The Bertz CT molecular complexity index is 872. The second-order valence-electron chi connectivity index (χ2n) is 5.93. The van der Waals surface area contributed by atoms with Crippen LogP contribution in [-0.2, 0) is 6.54 Å². The average Bonchev–Trinajstić information content (AvgIpc) is 3.31. The lowest BCUT2D eigenvalue weighted by atomic mass is 10.1. The number of guanidine groups is 1. The van der Waals surface area contributed by atoms with Crippen LogP contribution in [0.4, 0.5) is 8.78 Å². The summed E-state index contributed by atoms with van der Waals surface area (Å²) in [6.45, 7) is -0.242. The Morgan fingerprint density at radius 2 is 2.03 bits per heavy atom. The van der Waals surface area contributed by atoms with E-state index in [1.165, 1.54) is 17.4 Å². The van der Waals surface area contributed by atoms with E-state index in [4.69, 9.17) is 21.1 Å². The van der Waals surface area contributed by atoms with Gasteiger partial charge in [-0.05, 0) is 25.1 Å². The maximum atomic E-state index is 12.8. The van der Waals surface area contributed by atoms with Crippen LogP contribution in [0.5, 0.6) is 17.2 Å². The number of halogens is 4. The van der Waals surface area contributed by atoms with E-state index in [1.54, 1.807) is 18.2 Å². The number of aliphatic hydroxyl groups is 1. The fraction of sp³-hybridized carbons (Fsp3) is 0.389. The van der Waals surface area contributed by atoms with Gasteiger partial charge in [-0.3, -0.25) is 0 Å². The van der Waals surface area contributed by atoms with E-state index in [0.717, 1.165) is 4.88 Å². The van der Waals surface area contributed by atoms with Gasteiger partial charge in [0, 0.05) is 29.6 Å². The lowest BCUT2D eigenvalue weighted by Crippen LogP contribution is -2.39. The molecule has 1 aliphatic rings. The predicted octanol–water partition coefficient (Wildman–Crippen LogP) is 4.14. The van der Waals surface area contributed by atoms with E-state index < -0.39 is 12.7 Å². The van der Waals surface area contributed by atoms with Gasteiger partial charge in [0.1, 0.15) is 11.9 Å². The number of aliphatic imine (C=N–C) groups is 1. The van der Waals surface area contributed by atoms with Gasteiger partial charge in [-0.2, -0.15) is 8.78 Å². The highest BCUT2D eigenvalue weighted by molar-refractivity contribution is 14.0. The highest BCUT2D eigenvalue weighted by Crippen LogP contribution is 2.39. The number of hydrogen-bond donors (Lipinski definition) is 3. The van der Waals surface area contributed by atoms with Crippen molar-refractivity contribution in [3.8, 4) is 17.2 Å². The maximum absolute atomic E-state index is 12.8. The summed E-state index contributed by atoms with van der Waals surface area (Å²) in [5, 5.41) is 16.3. The highest BCUT2D eigenvalue weighted by atomic mass is 127. The van der Waals surface area contributed by atoms with E-state index in [1.807, 2.05) is 6.92 Å². The van der Waals surface area contributed by atoms with Crippen molar-refractivity contribution >= 4 is 52.9 Å². The Morgan fingerprint density at radius 3 is 2.67 bits per heavy atom. The lowest BCUT2D eigenvalue weighted by molar-refractivity contribution is -0.0505. The van der Waals surface area contributed by atoms with Crippen LogP contribution in [0.3, 0.4) is 0 Å². The summed E-state index contributed by atoms with van der Waals surface area (Å²) in [6.07, 6.45) is -0.764. The minimum Gasteiger partial charge on any atom is -0.454 e. The molecular formula is C18H21ClF2IN3O4S. The van der Waals surface area contributed by atoms with Crippen molar-refractivity contribution in [1.29, 1.82) is 0 Å². The van der Waals surface area contributed by atoms with Gasteiger partial charge in [0.05, 0.1) is 10.9 Å². The number of thiophene rings is 1. The first-order valence-electron chi connectivity index (χ1n) is 8.79. The van der Waals surface area contributed by atoms with Crippen molar-refractivity contribution in [2.24, 2.45) is 4.99 Å². The number of alkyl halides is 2. The van der Waals surface area contributed by atoms with Crippen LogP contribution in [-0.4, -0.2) is 37.6 Å². The Balaban J connectivity index is 0.00000320. The zero-order chi connectivity index (χ0) is 20.8. The highest BCUT2D eigenvalue weighted by Gasteiger charge is 2.20. The number of aliphatic hydroxyl groups excluding tert-OH is 1. The van der Waals surface area contributed by atoms with Gasteiger partial charge < -0.3 is 30.0 Å². The van der Waals surface area contributed by atoms with E-state index >= 15 is 0 Å². The van der Waals surface area contributed by atoms with Gasteiger partial charge >= 0.3 is 6.61 Å². The molecule has 0 saturated heterocycles.